The molecule has 0 bridgehead atoms. The quantitative estimate of drug-likeness (QED) is 0.615. The zero-order valence-corrected chi connectivity index (χ0v) is 9.39. The number of benzene rings is 1. The third kappa shape index (κ3) is 2.52. The minimum atomic E-state index is -0.0643. The second-order valence-corrected chi connectivity index (χ2v) is 3.64. The first kappa shape index (κ1) is 11.4. The highest BCUT2D eigenvalue weighted by Crippen LogP contribution is 2.05. The summed E-state index contributed by atoms with van der Waals surface area (Å²) in [5.74, 6) is 2.48. The van der Waals surface area contributed by atoms with Crippen molar-refractivity contribution in [2.45, 2.75) is 6.54 Å². The van der Waals surface area contributed by atoms with Gasteiger partial charge in [-0.25, -0.2) is 4.68 Å². The molecule has 0 saturated carbocycles. The SMILES string of the molecule is C#CCNCCn1ncc2ccccc2c1=O. The smallest absolute Gasteiger partial charge is 0.274 e. The molecule has 0 saturated heterocycles. The van der Waals surface area contributed by atoms with Crippen molar-refractivity contribution in [1.29, 1.82) is 0 Å². The summed E-state index contributed by atoms with van der Waals surface area (Å²) < 4.78 is 1.45. The summed E-state index contributed by atoms with van der Waals surface area (Å²) in [7, 11) is 0. The van der Waals surface area contributed by atoms with Gasteiger partial charge in [0.25, 0.3) is 5.56 Å². The van der Waals surface area contributed by atoms with Crippen molar-refractivity contribution in [2.24, 2.45) is 0 Å². The summed E-state index contributed by atoms with van der Waals surface area (Å²) in [5.41, 5.74) is -0.0643. The van der Waals surface area contributed by atoms with Gasteiger partial charge in [0.1, 0.15) is 0 Å². The zero-order valence-electron chi connectivity index (χ0n) is 9.39. The third-order valence-electron chi connectivity index (χ3n) is 2.49. The lowest BCUT2D eigenvalue weighted by molar-refractivity contribution is 0.552. The molecule has 2 rings (SSSR count). The summed E-state index contributed by atoms with van der Waals surface area (Å²) in [6, 6.07) is 7.43. The molecule has 1 heterocycles. The van der Waals surface area contributed by atoms with Crippen LogP contribution in [0, 0.1) is 12.3 Å². The van der Waals surface area contributed by atoms with Crippen molar-refractivity contribution in [3.63, 3.8) is 0 Å². The number of nitrogens with zero attached hydrogens (tertiary/aromatic N) is 2. The Hall–Kier alpha value is -2.12. The van der Waals surface area contributed by atoms with Crippen LogP contribution in [0.3, 0.4) is 0 Å². The predicted octanol–water partition coefficient (Wildman–Crippen LogP) is 0.619. The third-order valence-corrected chi connectivity index (χ3v) is 2.49. The van der Waals surface area contributed by atoms with Crippen LogP contribution in [0.1, 0.15) is 0 Å². The van der Waals surface area contributed by atoms with Crippen LogP contribution in [0.25, 0.3) is 10.8 Å². The van der Waals surface area contributed by atoms with Gasteiger partial charge >= 0.3 is 0 Å². The molecule has 0 aliphatic rings. The fourth-order valence-electron chi connectivity index (χ4n) is 1.63. The lowest BCUT2D eigenvalue weighted by Gasteiger charge is -2.05. The molecule has 0 atom stereocenters. The van der Waals surface area contributed by atoms with E-state index in [2.05, 4.69) is 16.3 Å². The van der Waals surface area contributed by atoms with Gasteiger partial charge in [-0.3, -0.25) is 4.79 Å². The van der Waals surface area contributed by atoms with E-state index in [-0.39, 0.29) is 5.56 Å². The van der Waals surface area contributed by atoms with E-state index in [0.29, 0.717) is 25.0 Å². The highest BCUT2D eigenvalue weighted by Gasteiger charge is 2.02. The van der Waals surface area contributed by atoms with E-state index in [1.54, 1.807) is 6.20 Å². The topological polar surface area (TPSA) is 46.9 Å². The molecule has 0 radical (unpaired) electrons. The number of fused-ring (bicyclic) bond motifs is 1. The molecule has 0 unspecified atom stereocenters. The Morgan fingerprint density at radius 3 is 3.06 bits per heavy atom. The summed E-state index contributed by atoms with van der Waals surface area (Å²) in [5, 5.41) is 8.70. The van der Waals surface area contributed by atoms with E-state index in [9.17, 15) is 4.79 Å². The first-order chi connectivity index (χ1) is 8.33. The normalized spacial score (nSPS) is 10.3. The van der Waals surface area contributed by atoms with Crippen LogP contribution in [0.15, 0.2) is 35.3 Å². The highest BCUT2D eigenvalue weighted by molar-refractivity contribution is 5.80. The fraction of sp³-hybridized carbons (Fsp3) is 0.231. The van der Waals surface area contributed by atoms with Gasteiger partial charge in [-0.1, -0.05) is 24.1 Å². The monoisotopic (exact) mass is 227 g/mol. The van der Waals surface area contributed by atoms with Gasteiger partial charge in [0.2, 0.25) is 0 Å². The van der Waals surface area contributed by atoms with E-state index >= 15 is 0 Å². The largest absolute Gasteiger partial charge is 0.304 e. The molecule has 0 amide bonds. The molecule has 0 spiro atoms. The Morgan fingerprint density at radius 2 is 2.24 bits per heavy atom. The van der Waals surface area contributed by atoms with Gasteiger partial charge < -0.3 is 5.32 Å². The average Bonchev–Trinajstić information content (AvgIpc) is 2.37. The van der Waals surface area contributed by atoms with Crippen LogP contribution in [-0.2, 0) is 6.54 Å². The molecule has 0 aliphatic heterocycles. The fourth-order valence-corrected chi connectivity index (χ4v) is 1.63. The molecule has 17 heavy (non-hydrogen) atoms. The maximum atomic E-state index is 12.0. The van der Waals surface area contributed by atoms with E-state index in [1.165, 1.54) is 4.68 Å². The first-order valence-electron chi connectivity index (χ1n) is 5.42. The molecule has 1 aromatic carbocycles. The van der Waals surface area contributed by atoms with E-state index in [0.717, 1.165) is 5.39 Å². The van der Waals surface area contributed by atoms with E-state index < -0.39 is 0 Å². The maximum absolute atomic E-state index is 12.0. The summed E-state index contributed by atoms with van der Waals surface area (Å²) in [4.78, 5) is 12.0. The Labute approximate surface area is 99.3 Å². The zero-order chi connectivity index (χ0) is 12.1. The molecule has 4 nitrogen and oxygen atoms in total. The number of aromatic nitrogens is 2. The van der Waals surface area contributed by atoms with Crippen molar-refractivity contribution in [2.75, 3.05) is 13.1 Å². The van der Waals surface area contributed by atoms with Crippen molar-refractivity contribution in [1.82, 2.24) is 15.1 Å². The summed E-state index contributed by atoms with van der Waals surface area (Å²) in [6.07, 6.45) is 6.82. The van der Waals surface area contributed by atoms with Crippen molar-refractivity contribution >= 4 is 10.8 Å². The molecule has 1 N–H and O–H groups in total. The maximum Gasteiger partial charge on any atom is 0.274 e. The molecule has 0 fully saturated rings. The predicted molar refractivity (Wildman–Crippen MR) is 67.7 cm³/mol. The number of nitrogens with one attached hydrogen (secondary N) is 1. The van der Waals surface area contributed by atoms with E-state index in [1.807, 2.05) is 24.3 Å². The Kier molecular flexibility index (Phi) is 3.53. The Balaban J connectivity index is 2.22. The molecule has 2 aromatic rings. The first-order valence-corrected chi connectivity index (χ1v) is 5.42. The van der Waals surface area contributed by atoms with Crippen molar-refractivity contribution in [3.8, 4) is 12.3 Å². The minimum absolute atomic E-state index is 0.0643. The Morgan fingerprint density at radius 1 is 1.41 bits per heavy atom. The average molecular weight is 227 g/mol. The van der Waals surface area contributed by atoms with E-state index in [4.69, 9.17) is 6.42 Å². The Bertz CT molecular complexity index is 610. The van der Waals surface area contributed by atoms with Gasteiger partial charge in [0.15, 0.2) is 0 Å². The van der Waals surface area contributed by atoms with Gasteiger partial charge in [-0.2, -0.15) is 5.10 Å². The second kappa shape index (κ2) is 5.28. The minimum Gasteiger partial charge on any atom is -0.304 e. The van der Waals surface area contributed by atoms with Gasteiger partial charge in [0.05, 0.1) is 24.7 Å². The number of terminal acetylenes is 1. The van der Waals surface area contributed by atoms with Crippen LogP contribution in [0.2, 0.25) is 0 Å². The molecular weight excluding hydrogens is 214 g/mol. The lowest BCUT2D eigenvalue weighted by atomic mass is 10.2. The van der Waals surface area contributed by atoms with Crippen LogP contribution in [-0.4, -0.2) is 22.9 Å². The van der Waals surface area contributed by atoms with Crippen LogP contribution in [0.4, 0.5) is 0 Å². The van der Waals surface area contributed by atoms with Gasteiger partial charge in [-0.15, -0.1) is 6.42 Å². The van der Waals surface area contributed by atoms with Crippen molar-refractivity contribution in [3.05, 3.63) is 40.8 Å². The van der Waals surface area contributed by atoms with Gasteiger partial charge in [0, 0.05) is 11.9 Å². The number of rotatable bonds is 4. The second-order valence-electron chi connectivity index (χ2n) is 3.64. The number of hydrogen-bond acceptors (Lipinski definition) is 3. The van der Waals surface area contributed by atoms with Gasteiger partial charge in [-0.05, 0) is 6.07 Å². The lowest BCUT2D eigenvalue weighted by Crippen LogP contribution is -2.28. The number of hydrogen-bond donors (Lipinski definition) is 1. The molecule has 1 aromatic heterocycles. The molecule has 86 valence electrons. The highest BCUT2D eigenvalue weighted by atomic mass is 16.1. The summed E-state index contributed by atoms with van der Waals surface area (Å²) >= 11 is 0. The summed E-state index contributed by atoms with van der Waals surface area (Å²) in [6.45, 7) is 1.66. The van der Waals surface area contributed by atoms with Crippen LogP contribution < -0.4 is 10.9 Å². The van der Waals surface area contributed by atoms with Crippen LogP contribution >= 0.6 is 0 Å². The van der Waals surface area contributed by atoms with Crippen molar-refractivity contribution < 1.29 is 0 Å². The molecule has 0 aliphatic carbocycles. The van der Waals surface area contributed by atoms with Crippen LogP contribution in [0.5, 0.6) is 0 Å². The standard InChI is InChI=1S/C13H13N3O/c1-2-7-14-8-9-16-13(17)12-6-4-3-5-11(12)10-15-16/h1,3-6,10,14H,7-9H2. The molecule has 4 heteroatoms. The molecular formula is C13H13N3O.